The van der Waals surface area contributed by atoms with Gasteiger partial charge in [0.05, 0.1) is 42.1 Å². The normalized spacial score (nSPS) is 15.3. The lowest BCUT2D eigenvalue weighted by Crippen LogP contribution is -2.27. The average Bonchev–Trinajstić information content (AvgIpc) is 3.33. The molecule has 0 unspecified atom stereocenters. The van der Waals surface area contributed by atoms with Gasteiger partial charge in [0.2, 0.25) is 0 Å². The van der Waals surface area contributed by atoms with Gasteiger partial charge in [-0.2, -0.15) is 5.10 Å². The highest BCUT2D eigenvalue weighted by Crippen LogP contribution is 2.39. The number of carbonyl (C=O) groups excluding carboxylic acids is 1. The maximum atomic E-state index is 13.6. The summed E-state index contributed by atoms with van der Waals surface area (Å²) in [5.74, 6) is 1.12. The summed E-state index contributed by atoms with van der Waals surface area (Å²) in [5.41, 5.74) is 3.42. The second-order valence-electron chi connectivity index (χ2n) is 8.05. The molecule has 0 spiro atoms. The number of amides is 1. The molecule has 0 N–H and O–H groups in total. The van der Waals surface area contributed by atoms with Gasteiger partial charge in [-0.1, -0.05) is 35.3 Å². The van der Waals surface area contributed by atoms with Crippen molar-refractivity contribution in [3.8, 4) is 11.5 Å². The number of hydrogen-bond acceptors (Lipinski definition) is 5. The number of benzene rings is 3. The highest BCUT2D eigenvalue weighted by molar-refractivity contribution is 6.34. The van der Waals surface area contributed by atoms with Crippen molar-refractivity contribution in [2.24, 2.45) is 5.10 Å². The first-order valence-electron chi connectivity index (χ1n) is 10.9. The summed E-state index contributed by atoms with van der Waals surface area (Å²) in [6.07, 6.45) is 0.464. The number of methoxy groups -OCH3 is 2. The maximum absolute atomic E-state index is 13.6. The van der Waals surface area contributed by atoms with Crippen LogP contribution in [0.25, 0.3) is 10.9 Å². The maximum Gasteiger partial charge on any atom is 0.276 e. The summed E-state index contributed by atoms with van der Waals surface area (Å²) < 4.78 is 10.6. The van der Waals surface area contributed by atoms with Crippen LogP contribution in [0.3, 0.4) is 0 Å². The number of nitrogens with zero attached hydrogens (tertiary/aromatic N) is 3. The Labute approximate surface area is 212 Å². The molecule has 0 aliphatic carbocycles. The smallest absolute Gasteiger partial charge is 0.276 e. The van der Waals surface area contributed by atoms with E-state index in [1.807, 2.05) is 48.5 Å². The number of rotatable bonds is 5. The van der Waals surface area contributed by atoms with E-state index in [0.717, 1.165) is 22.4 Å². The Kier molecular flexibility index (Phi) is 6.32. The van der Waals surface area contributed by atoms with E-state index in [1.54, 1.807) is 38.5 Å². The lowest BCUT2D eigenvalue weighted by atomic mass is 9.98. The Morgan fingerprint density at radius 3 is 2.37 bits per heavy atom. The molecule has 5 rings (SSSR count). The van der Waals surface area contributed by atoms with Gasteiger partial charge in [0, 0.05) is 23.4 Å². The Morgan fingerprint density at radius 2 is 1.66 bits per heavy atom. The van der Waals surface area contributed by atoms with Crippen LogP contribution in [0.2, 0.25) is 10.2 Å². The van der Waals surface area contributed by atoms with Gasteiger partial charge in [0.25, 0.3) is 5.91 Å². The van der Waals surface area contributed by atoms with Gasteiger partial charge in [0.15, 0.2) is 0 Å². The van der Waals surface area contributed by atoms with E-state index in [-0.39, 0.29) is 5.91 Å². The largest absolute Gasteiger partial charge is 0.497 e. The molecule has 2 heterocycles. The van der Waals surface area contributed by atoms with Crippen LogP contribution < -0.4 is 9.47 Å². The monoisotopic (exact) mass is 505 g/mol. The van der Waals surface area contributed by atoms with Crippen LogP contribution >= 0.6 is 23.2 Å². The standard InChI is InChI=1S/C27H21Cl2N3O3/c1-34-18-10-7-16(8-11-18)24-15-25(32(31-24)27(33)20-5-3-4-6-22(20)28)21-13-17-9-12-19(35-2)14-23(17)30-26(21)29/h3-14,25H,15H2,1-2H3/t25-/m1/s1. The number of aromatic nitrogens is 1. The SMILES string of the molecule is COc1ccc(C2=NN(C(=O)c3ccccc3Cl)[C@@H](c3cc4ccc(OC)cc4nc3Cl)C2)cc1. The first-order chi connectivity index (χ1) is 17.0. The van der Waals surface area contributed by atoms with Crippen molar-refractivity contribution in [3.05, 3.63) is 99.7 Å². The first kappa shape index (κ1) is 23.1. The predicted octanol–water partition coefficient (Wildman–Crippen LogP) is 6.55. The van der Waals surface area contributed by atoms with Gasteiger partial charge >= 0.3 is 0 Å². The Bertz CT molecular complexity index is 1450. The second-order valence-corrected chi connectivity index (χ2v) is 8.82. The quantitative estimate of drug-likeness (QED) is 0.288. The molecule has 0 saturated carbocycles. The average molecular weight is 506 g/mol. The fraction of sp³-hybridized carbons (Fsp3) is 0.148. The fourth-order valence-electron chi connectivity index (χ4n) is 4.16. The minimum Gasteiger partial charge on any atom is -0.497 e. The third-order valence-corrected chi connectivity index (χ3v) is 6.64. The number of hydrazone groups is 1. The minimum atomic E-state index is -0.456. The summed E-state index contributed by atoms with van der Waals surface area (Å²) in [4.78, 5) is 18.2. The van der Waals surface area contributed by atoms with Crippen LogP contribution in [0.15, 0.2) is 77.9 Å². The van der Waals surface area contributed by atoms with Crippen LogP contribution in [-0.4, -0.2) is 35.8 Å². The summed E-state index contributed by atoms with van der Waals surface area (Å²) in [5, 5.41) is 7.74. The number of hydrogen-bond donors (Lipinski definition) is 0. The van der Waals surface area contributed by atoms with Gasteiger partial charge < -0.3 is 9.47 Å². The number of ether oxygens (including phenoxy) is 2. The van der Waals surface area contributed by atoms with Crippen LogP contribution in [0, 0.1) is 0 Å². The zero-order valence-corrected chi connectivity index (χ0v) is 20.5. The van der Waals surface area contributed by atoms with Crippen LogP contribution in [-0.2, 0) is 0 Å². The summed E-state index contributed by atoms with van der Waals surface area (Å²) in [6.45, 7) is 0. The van der Waals surface area contributed by atoms with Crippen LogP contribution in [0.1, 0.15) is 33.9 Å². The van der Waals surface area contributed by atoms with Crippen molar-refractivity contribution in [2.75, 3.05) is 14.2 Å². The van der Waals surface area contributed by atoms with Gasteiger partial charge in [-0.3, -0.25) is 4.79 Å². The van der Waals surface area contributed by atoms with Crippen molar-refractivity contribution in [2.45, 2.75) is 12.5 Å². The van der Waals surface area contributed by atoms with E-state index in [0.29, 0.717) is 39.0 Å². The fourth-order valence-corrected chi connectivity index (χ4v) is 4.64. The predicted molar refractivity (Wildman–Crippen MR) is 138 cm³/mol. The second kappa shape index (κ2) is 9.56. The molecule has 1 atom stereocenters. The molecule has 3 aromatic carbocycles. The van der Waals surface area contributed by atoms with Crippen molar-refractivity contribution in [1.82, 2.24) is 9.99 Å². The molecule has 0 bridgehead atoms. The molecule has 1 aromatic heterocycles. The molecule has 8 heteroatoms. The van der Waals surface area contributed by atoms with Gasteiger partial charge in [-0.25, -0.2) is 9.99 Å². The van der Waals surface area contributed by atoms with Gasteiger partial charge in [-0.15, -0.1) is 0 Å². The topological polar surface area (TPSA) is 64.0 Å². The molecule has 0 saturated heterocycles. The molecular formula is C27H21Cl2N3O3. The van der Waals surface area contributed by atoms with E-state index < -0.39 is 6.04 Å². The summed E-state index contributed by atoms with van der Waals surface area (Å²) in [7, 11) is 3.22. The zero-order chi connectivity index (χ0) is 24.5. The number of carbonyl (C=O) groups is 1. The molecular weight excluding hydrogens is 485 g/mol. The lowest BCUT2D eigenvalue weighted by molar-refractivity contribution is 0.0711. The zero-order valence-electron chi connectivity index (χ0n) is 19.0. The Hall–Kier alpha value is -3.61. The highest BCUT2D eigenvalue weighted by atomic mass is 35.5. The number of fused-ring (bicyclic) bond motifs is 1. The van der Waals surface area contributed by atoms with Crippen molar-refractivity contribution in [3.63, 3.8) is 0 Å². The molecule has 0 radical (unpaired) electrons. The minimum absolute atomic E-state index is 0.305. The van der Waals surface area contributed by atoms with Crippen molar-refractivity contribution < 1.29 is 14.3 Å². The van der Waals surface area contributed by atoms with Gasteiger partial charge in [0.1, 0.15) is 16.7 Å². The Balaban J connectivity index is 1.59. The summed E-state index contributed by atoms with van der Waals surface area (Å²) >= 11 is 13.0. The molecule has 1 aliphatic heterocycles. The number of halogens is 2. The van der Waals surface area contributed by atoms with E-state index in [9.17, 15) is 4.79 Å². The lowest BCUT2D eigenvalue weighted by Gasteiger charge is -2.23. The first-order valence-corrected chi connectivity index (χ1v) is 11.7. The van der Waals surface area contributed by atoms with Crippen LogP contribution in [0.5, 0.6) is 11.5 Å². The van der Waals surface area contributed by atoms with Crippen molar-refractivity contribution in [1.29, 1.82) is 0 Å². The molecule has 1 amide bonds. The Morgan fingerprint density at radius 1 is 0.943 bits per heavy atom. The van der Waals surface area contributed by atoms with Crippen LogP contribution in [0.4, 0.5) is 0 Å². The highest BCUT2D eigenvalue weighted by Gasteiger charge is 2.36. The van der Waals surface area contributed by atoms with Gasteiger partial charge in [-0.05, 0) is 60.2 Å². The number of pyridine rings is 1. The summed E-state index contributed by atoms with van der Waals surface area (Å²) in [6, 6.07) is 21.6. The van der Waals surface area contributed by atoms with Crippen molar-refractivity contribution >= 4 is 45.7 Å². The van der Waals surface area contributed by atoms with E-state index in [1.165, 1.54) is 5.01 Å². The third-order valence-electron chi connectivity index (χ3n) is 6.01. The molecule has 176 valence electrons. The molecule has 6 nitrogen and oxygen atoms in total. The molecule has 4 aromatic rings. The van der Waals surface area contributed by atoms with E-state index >= 15 is 0 Å². The third kappa shape index (κ3) is 4.43. The molecule has 0 fully saturated rings. The molecule has 1 aliphatic rings. The molecule has 35 heavy (non-hydrogen) atoms. The van der Waals surface area contributed by atoms with E-state index in [2.05, 4.69) is 4.98 Å². The van der Waals surface area contributed by atoms with E-state index in [4.69, 9.17) is 37.8 Å².